The lowest BCUT2D eigenvalue weighted by Gasteiger charge is -2.27. The predicted octanol–water partition coefficient (Wildman–Crippen LogP) is 3.13. The highest BCUT2D eigenvalue weighted by Gasteiger charge is 2.20. The molecule has 0 radical (unpaired) electrons. The standard InChI is InChI=1S/C16H21NO/c17-14-6-3-4-12(10-14)11-16-15-7-2-1-5-13(15)8-9-18-16/h1-2,5,7,11,14,16H,3-4,6,8-10,17H2. The molecule has 1 saturated carbocycles. The summed E-state index contributed by atoms with van der Waals surface area (Å²) in [5, 5.41) is 0. The van der Waals surface area contributed by atoms with Gasteiger partial charge in [-0.2, -0.15) is 0 Å². The molecule has 18 heavy (non-hydrogen) atoms. The van der Waals surface area contributed by atoms with Crippen molar-refractivity contribution in [3.05, 3.63) is 47.0 Å². The Hall–Kier alpha value is -1.12. The van der Waals surface area contributed by atoms with E-state index in [1.54, 1.807) is 0 Å². The first-order valence-electron chi connectivity index (χ1n) is 6.97. The highest BCUT2D eigenvalue weighted by molar-refractivity contribution is 5.34. The van der Waals surface area contributed by atoms with Gasteiger partial charge in [-0.15, -0.1) is 0 Å². The molecule has 3 rings (SSSR count). The van der Waals surface area contributed by atoms with Crippen LogP contribution in [0.1, 0.15) is 42.9 Å². The maximum absolute atomic E-state index is 6.04. The van der Waals surface area contributed by atoms with E-state index in [1.807, 2.05) is 0 Å². The molecule has 0 saturated heterocycles. The van der Waals surface area contributed by atoms with E-state index in [0.717, 1.165) is 19.4 Å². The topological polar surface area (TPSA) is 35.2 Å². The van der Waals surface area contributed by atoms with E-state index in [9.17, 15) is 0 Å². The number of fused-ring (bicyclic) bond motifs is 1. The molecule has 2 unspecified atom stereocenters. The quantitative estimate of drug-likeness (QED) is 0.769. The molecule has 96 valence electrons. The van der Waals surface area contributed by atoms with Crippen molar-refractivity contribution in [2.75, 3.05) is 6.61 Å². The summed E-state index contributed by atoms with van der Waals surface area (Å²) in [5.41, 5.74) is 10.3. The van der Waals surface area contributed by atoms with Crippen molar-refractivity contribution in [1.82, 2.24) is 0 Å². The van der Waals surface area contributed by atoms with Crippen LogP contribution in [0.5, 0.6) is 0 Å². The summed E-state index contributed by atoms with van der Waals surface area (Å²) in [6.07, 6.45) is 8.13. The van der Waals surface area contributed by atoms with Crippen LogP contribution in [0, 0.1) is 0 Å². The van der Waals surface area contributed by atoms with Crippen molar-refractivity contribution in [2.24, 2.45) is 5.73 Å². The molecule has 2 atom stereocenters. The largest absolute Gasteiger partial charge is 0.369 e. The molecule has 2 aliphatic rings. The molecule has 1 aromatic rings. The van der Waals surface area contributed by atoms with Gasteiger partial charge in [0.05, 0.1) is 6.61 Å². The minimum absolute atomic E-state index is 0.148. The molecule has 1 aliphatic carbocycles. The highest BCUT2D eigenvalue weighted by atomic mass is 16.5. The Bertz CT molecular complexity index is 452. The van der Waals surface area contributed by atoms with Gasteiger partial charge in [-0.1, -0.05) is 35.9 Å². The lowest BCUT2D eigenvalue weighted by molar-refractivity contribution is 0.0740. The van der Waals surface area contributed by atoms with Gasteiger partial charge in [0.2, 0.25) is 0 Å². The molecule has 1 aliphatic heterocycles. The molecule has 0 bridgehead atoms. The van der Waals surface area contributed by atoms with Gasteiger partial charge in [-0.05, 0) is 43.2 Å². The SMILES string of the molecule is NC1CCCC(=CC2OCCc3ccccc32)C1. The average Bonchev–Trinajstić information content (AvgIpc) is 2.39. The number of rotatable bonds is 1. The second-order valence-electron chi connectivity index (χ2n) is 5.42. The van der Waals surface area contributed by atoms with Gasteiger partial charge < -0.3 is 10.5 Å². The average molecular weight is 243 g/mol. The lowest BCUT2D eigenvalue weighted by atomic mass is 9.88. The number of hydrogen-bond donors (Lipinski definition) is 1. The number of nitrogens with two attached hydrogens (primary N) is 1. The van der Waals surface area contributed by atoms with E-state index in [1.165, 1.54) is 36.0 Å². The zero-order chi connectivity index (χ0) is 12.4. The minimum Gasteiger partial charge on any atom is -0.369 e. The third kappa shape index (κ3) is 2.50. The van der Waals surface area contributed by atoms with E-state index < -0.39 is 0 Å². The number of hydrogen-bond acceptors (Lipinski definition) is 2. The molecular weight excluding hydrogens is 222 g/mol. The van der Waals surface area contributed by atoms with Gasteiger partial charge in [0.15, 0.2) is 0 Å². The Morgan fingerprint density at radius 1 is 1.22 bits per heavy atom. The van der Waals surface area contributed by atoms with Crippen molar-refractivity contribution in [3.8, 4) is 0 Å². The summed E-state index contributed by atoms with van der Waals surface area (Å²) in [5.74, 6) is 0. The first-order chi connectivity index (χ1) is 8.83. The maximum Gasteiger partial charge on any atom is 0.101 e. The molecule has 1 heterocycles. The third-order valence-electron chi connectivity index (χ3n) is 4.01. The highest BCUT2D eigenvalue weighted by Crippen LogP contribution is 2.32. The van der Waals surface area contributed by atoms with E-state index in [-0.39, 0.29) is 6.10 Å². The van der Waals surface area contributed by atoms with Gasteiger partial charge in [0.25, 0.3) is 0 Å². The van der Waals surface area contributed by atoms with Crippen LogP contribution in [-0.4, -0.2) is 12.6 Å². The fourth-order valence-corrected chi connectivity index (χ4v) is 3.06. The molecule has 1 fully saturated rings. The molecule has 1 aromatic carbocycles. The van der Waals surface area contributed by atoms with Crippen LogP contribution in [-0.2, 0) is 11.2 Å². The van der Waals surface area contributed by atoms with Crippen LogP contribution >= 0.6 is 0 Å². The van der Waals surface area contributed by atoms with Crippen LogP contribution in [0.4, 0.5) is 0 Å². The van der Waals surface area contributed by atoms with Crippen LogP contribution in [0.3, 0.4) is 0 Å². The van der Waals surface area contributed by atoms with Crippen LogP contribution in [0.2, 0.25) is 0 Å². The van der Waals surface area contributed by atoms with Gasteiger partial charge >= 0.3 is 0 Å². The Morgan fingerprint density at radius 3 is 3.00 bits per heavy atom. The Morgan fingerprint density at radius 2 is 2.11 bits per heavy atom. The zero-order valence-electron chi connectivity index (χ0n) is 10.8. The number of ether oxygens (including phenoxy) is 1. The van der Waals surface area contributed by atoms with Crippen molar-refractivity contribution in [2.45, 2.75) is 44.2 Å². The van der Waals surface area contributed by atoms with Crippen molar-refractivity contribution in [1.29, 1.82) is 0 Å². The molecule has 2 heteroatoms. The maximum atomic E-state index is 6.04. The van der Waals surface area contributed by atoms with Gasteiger partial charge in [0, 0.05) is 6.04 Å². The second-order valence-corrected chi connectivity index (χ2v) is 5.42. The van der Waals surface area contributed by atoms with E-state index in [2.05, 4.69) is 30.3 Å². The fraction of sp³-hybridized carbons (Fsp3) is 0.500. The zero-order valence-corrected chi connectivity index (χ0v) is 10.8. The predicted molar refractivity (Wildman–Crippen MR) is 73.4 cm³/mol. The van der Waals surface area contributed by atoms with Crippen molar-refractivity contribution >= 4 is 0 Å². The van der Waals surface area contributed by atoms with E-state index >= 15 is 0 Å². The summed E-state index contributed by atoms with van der Waals surface area (Å²) < 4.78 is 5.93. The summed E-state index contributed by atoms with van der Waals surface area (Å²) in [7, 11) is 0. The van der Waals surface area contributed by atoms with Crippen LogP contribution < -0.4 is 5.73 Å². The van der Waals surface area contributed by atoms with Crippen molar-refractivity contribution < 1.29 is 4.74 Å². The summed E-state index contributed by atoms with van der Waals surface area (Å²) in [6, 6.07) is 8.98. The fourth-order valence-electron chi connectivity index (χ4n) is 3.06. The third-order valence-corrected chi connectivity index (χ3v) is 4.01. The molecule has 0 spiro atoms. The van der Waals surface area contributed by atoms with Gasteiger partial charge in [-0.25, -0.2) is 0 Å². The Balaban J connectivity index is 1.83. The minimum atomic E-state index is 0.148. The summed E-state index contributed by atoms with van der Waals surface area (Å²) >= 11 is 0. The molecule has 2 N–H and O–H groups in total. The molecule has 0 aromatic heterocycles. The number of benzene rings is 1. The first-order valence-corrected chi connectivity index (χ1v) is 6.97. The van der Waals surface area contributed by atoms with Gasteiger partial charge in [-0.3, -0.25) is 0 Å². The lowest BCUT2D eigenvalue weighted by Crippen LogP contribution is -2.24. The monoisotopic (exact) mass is 243 g/mol. The first kappa shape index (κ1) is 11.9. The van der Waals surface area contributed by atoms with Crippen molar-refractivity contribution in [3.63, 3.8) is 0 Å². The molecule has 0 amide bonds. The Kier molecular flexibility index (Phi) is 3.48. The van der Waals surface area contributed by atoms with Gasteiger partial charge in [0.1, 0.15) is 6.10 Å². The summed E-state index contributed by atoms with van der Waals surface area (Å²) in [6.45, 7) is 0.831. The van der Waals surface area contributed by atoms with Crippen LogP contribution in [0.15, 0.2) is 35.9 Å². The normalized spacial score (nSPS) is 30.2. The van der Waals surface area contributed by atoms with E-state index in [0.29, 0.717) is 6.04 Å². The molecule has 2 nitrogen and oxygen atoms in total. The Labute approximate surface area is 109 Å². The summed E-state index contributed by atoms with van der Waals surface area (Å²) in [4.78, 5) is 0. The molecular formula is C16H21NO. The smallest absolute Gasteiger partial charge is 0.101 e. The van der Waals surface area contributed by atoms with E-state index in [4.69, 9.17) is 10.5 Å². The van der Waals surface area contributed by atoms with Crippen LogP contribution in [0.25, 0.3) is 0 Å². The second kappa shape index (κ2) is 5.25.